The third kappa shape index (κ3) is 5.75. The van der Waals surface area contributed by atoms with Gasteiger partial charge in [0.05, 0.1) is 5.75 Å². The van der Waals surface area contributed by atoms with Crippen LogP contribution in [0.25, 0.3) is 0 Å². The summed E-state index contributed by atoms with van der Waals surface area (Å²) in [7, 11) is 1.71. The Kier molecular flexibility index (Phi) is 7.58. The number of hydrogen-bond acceptors (Lipinski definition) is 4. The van der Waals surface area contributed by atoms with E-state index in [1.165, 1.54) is 5.56 Å². The van der Waals surface area contributed by atoms with Crippen LogP contribution in [0.15, 0.2) is 48.5 Å². The third-order valence-electron chi connectivity index (χ3n) is 5.30. The molecule has 1 heterocycles. The van der Waals surface area contributed by atoms with E-state index in [1.54, 1.807) is 36.2 Å². The first-order chi connectivity index (χ1) is 14.0. The Bertz CT molecular complexity index is 834. The Balaban J connectivity index is 1.49. The highest BCUT2D eigenvalue weighted by Crippen LogP contribution is 2.17. The second-order valence-electron chi connectivity index (χ2n) is 7.17. The number of carbonyl (C=O) groups excluding carboxylic acids is 2. The molecule has 1 saturated heterocycles. The Morgan fingerprint density at radius 3 is 2.21 bits per heavy atom. The molecule has 29 heavy (non-hydrogen) atoms. The summed E-state index contributed by atoms with van der Waals surface area (Å²) in [6.07, 6.45) is 0.977. The maximum Gasteiger partial charge on any atom is 0.253 e. The molecule has 154 valence electrons. The Morgan fingerprint density at radius 1 is 1.00 bits per heavy atom. The van der Waals surface area contributed by atoms with Crippen LogP contribution < -0.4 is 4.90 Å². The van der Waals surface area contributed by atoms with Gasteiger partial charge in [-0.3, -0.25) is 14.5 Å². The summed E-state index contributed by atoms with van der Waals surface area (Å²) in [5.74, 6) is 0.110. The van der Waals surface area contributed by atoms with Crippen LogP contribution in [0.5, 0.6) is 0 Å². The average molecular weight is 432 g/mol. The molecule has 2 amide bonds. The fraction of sp³-hybridized carbons (Fsp3) is 0.364. The summed E-state index contributed by atoms with van der Waals surface area (Å²) in [6.45, 7) is 4.16. The summed E-state index contributed by atoms with van der Waals surface area (Å²) >= 11 is 9.95. The minimum absolute atomic E-state index is 0.0390. The van der Waals surface area contributed by atoms with E-state index >= 15 is 0 Å². The first kappa shape index (κ1) is 21.7. The number of halogens is 1. The molecule has 0 spiro atoms. The molecule has 2 aromatic carbocycles. The zero-order chi connectivity index (χ0) is 20.8. The maximum atomic E-state index is 12.8. The molecule has 0 bridgehead atoms. The van der Waals surface area contributed by atoms with E-state index in [9.17, 15) is 9.59 Å². The predicted octanol–water partition coefficient (Wildman–Crippen LogP) is 3.23. The lowest BCUT2D eigenvalue weighted by Crippen LogP contribution is -2.49. The van der Waals surface area contributed by atoms with Gasteiger partial charge in [-0.2, -0.15) is 12.6 Å². The molecule has 0 atom stereocenters. The van der Waals surface area contributed by atoms with E-state index in [0.717, 1.165) is 49.9 Å². The zero-order valence-corrected chi connectivity index (χ0v) is 18.2. The van der Waals surface area contributed by atoms with Crippen LogP contribution in [-0.2, 0) is 11.2 Å². The summed E-state index contributed by atoms with van der Waals surface area (Å²) in [4.78, 5) is 30.4. The fourth-order valence-electron chi connectivity index (χ4n) is 3.37. The Labute approximate surface area is 182 Å². The van der Waals surface area contributed by atoms with E-state index in [2.05, 4.69) is 29.7 Å². The molecule has 1 aliphatic heterocycles. The minimum atomic E-state index is -0.0814. The number of piperazine rings is 1. The van der Waals surface area contributed by atoms with Gasteiger partial charge in [-0.1, -0.05) is 23.7 Å². The van der Waals surface area contributed by atoms with Crippen molar-refractivity contribution in [2.24, 2.45) is 0 Å². The van der Waals surface area contributed by atoms with Crippen molar-refractivity contribution in [3.05, 3.63) is 64.7 Å². The van der Waals surface area contributed by atoms with Gasteiger partial charge >= 0.3 is 0 Å². The van der Waals surface area contributed by atoms with Gasteiger partial charge in [-0.25, -0.2) is 0 Å². The number of thiol groups is 1. The van der Waals surface area contributed by atoms with Crippen molar-refractivity contribution in [1.29, 1.82) is 0 Å². The van der Waals surface area contributed by atoms with Crippen molar-refractivity contribution in [3.63, 3.8) is 0 Å². The molecular weight excluding hydrogens is 406 g/mol. The predicted molar refractivity (Wildman–Crippen MR) is 121 cm³/mol. The third-order valence-corrected chi connectivity index (χ3v) is 5.82. The fourth-order valence-corrected chi connectivity index (χ4v) is 3.71. The molecule has 0 saturated carbocycles. The molecular formula is C22H26ClN3O2S. The normalized spacial score (nSPS) is 14.7. The van der Waals surface area contributed by atoms with E-state index in [0.29, 0.717) is 5.56 Å². The first-order valence-electron chi connectivity index (χ1n) is 9.71. The molecule has 0 N–H and O–H groups in total. The molecule has 1 fully saturated rings. The molecule has 3 rings (SSSR count). The van der Waals surface area contributed by atoms with Crippen molar-refractivity contribution in [2.75, 3.05) is 50.4 Å². The summed E-state index contributed by atoms with van der Waals surface area (Å²) < 4.78 is 0. The van der Waals surface area contributed by atoms with Crippen LogP contribution in [0, 0.1) is 0 Å². The number of amides is 2. The second kappa shape index (κ2) is 10.1. The van der Waals surface area contributed by atoms with Crippen LogP contribution in [0.2, 0.25) is 5.02 Å². The first-order valence-corrected chi connectivity index (χ1v) is 10.7. The van der Waals surface area contributed by atoms with E-state index < -0.39 is 0 Å². The van der Waals surface area contributed by atoms with Crippen LogP contribution in [-0.4, -0.2) is 67.1 Å². The van der Waals surface area contributed by atoms with E-state index in [1.807, 2.05) is 17.0 Å². The highest BCUT2D eigenvalue weighted by Gasteiger charge is 2.22. The molecule has 5 nitrogen and oxygen atoms in total. The molecule has 0 aromatic heterocycles. The number of hydrogen-bond donors (Lipinski definition) is 1. The highest BCUT2D eigenvalue weighted by molar-refractivity contribution is 7.81. The van der Waals surface area contributed by atoms with Gasteiger partial charge in [0, 0.05) is 56.0 Å². The van der Waals surface area contributed by atoms with Gasteiger partial charge in [0.1, 0.15) is 0 Å². The molecule has 0 aliphatic carbocycles. The van der Waals surface area contributed by atoms with Crippen LogP contribution >= 0.6 is 24.2 Å². The van der Waals surface area contributed by atoms with Gasteiger partial charge in [0.25, 0.3) is 5.91 Å². The second-order valence-corrected chi connectivity index (χ2v) is 7.92. The quantitative estimate of drug-likeness (QED) is 0.714. The molecule has 1 aliphatic rings. The standard InChI is InChI=1S/C22H26ClN3O2S/c1-24(21(27)16-29)20-8-4-18(5-9-20)22(28)26-14-12-25(13-15-26)11-10-17-2-6-19(23)7-3-17/h2-9,29H,10-16H2,1H3. The van der Waals surface area contributed by atoms with Crippen molar-refractivity contribution < 1.29 is 9.59 Å². The van der Waals surface area contributed by atoms with Gasteiger partial charge in [-0.15, -0.1) is 0 Å². The molecule has 0 radical (unpaired) electrons. The molecule has 0 unspecified atom stereocenters. The summed E-state index contributed by atoms with van der Waals surface area (Å²) in [6, 6.07) is 15.1. The number of nitrogens with zero attached hydrogens (tertiary/aromatic N) is 3. The number of carbonyl (C=O) groups is 2. The van der Waals surface area contributed by atoms with Gasteiger partial charge in [0.15, 0.2) is 0 Å². The lowest BCUT2D eigenvalue weighted by atomic mass is 10.1. The van der Waals surface area contributed by atoms with Crippen LogP contribution in [0.4, 0.5) is 5.69 Å². The largest absolute Gasteiger partial charge is 0.336 e. The summed E-state index contributed by atoms with van der Waals surface area (Å²) in [5.41, 5.74) is 2.68. The van der Waals surface area contributed by atoms with E-state index in [-0.39, 0.29) is 17.6 Å². The van der Waals surface area contributed by atoms with E-state index in [4.69, 9.17) is 11.6 Å². The minimum Gasteiger partial charge on any atom is -0.336 e. The molecule has 2 aromatic rings. The molecule has 7 heteroatoms. The van der Waals surface area contributed by atoms with Crippen molar-refractivity contribution in [3.8, 4) is 0 Å². The van der Waals surface area contributed by atoms with Gasteiger partial charge in [-0.05, 0) is 48.4 Å². The topological polar surface area (TPSA) is 43.9 Å². The van der Waals surface area contributed by atoms with Gasteiger partial charge in [0.2, 0.25) is 5.91 Å². The average Bonchev–Trinajstić information content (AvgIpc) is 2.77. The van der Waals surface area contributed by atoms with Crippen molar-refractivity contribution in [1.82, 2.24) is 9.80 Å². The van der Waals surface area contributed by atoms with Crippen molar-refractivity contribution in [2.45, 2.75) is 6.42 Å². The van der Waals surface area contributed by atoms with Crippen LogP contribution in [0.1, 0.15) is 15.9 Å². The number of rotatable bonds is 6. The van der Waals surface area contributed by atoms with Crippen molar-refractivity contribution >= 4 is 41.7 Å². The maximum absolute atomic E-state index is 12.8. The highest BCUT2D eigenvalue weighted by atomic mass is 35.5. The lowest BCUT2D eigenvalue weighted by Gasteiger charge is -2.34. The monoisotopic (exact) mass is 431 g/mol. The van der Waals surface area contributed by atoms with Gasteiger partial charge < -0.3 is 9.80 Å². The smallest absolute Gasteiger partial charge is 0.253 e. The summed E-state index contributed by atoms with van der Waals surface area (Å²) in [5, 5.41) is 0.758. The number of benzene rings is 2. The number of anilines is 1. The lowest BCUT2D eigenvalue weighted by molar-refractivity contribution is -0.115. The van der Waals surface area contributed by atoms with Crippen LogP contribution in [0.3, 0.4) is 0 Å². The SMILES string of the molecule is CN(C(=O)CS)c1ccc(C(=O)N2CCN(CCc3ccc(Cl)cc3)CC2)cc1. The zero-order valence-electron chi connectivity index (χ0n) is 16.6. The Morgan fingerprint density at radius 2 is 1.62 bits per heavy atom. The Hall–Kier alpha value is -2.02.